The number of nitrogens with zero attached hydrogens (tertiary/aromatic N) is 1. The van der Waals surface area contributed by atoms with Gasteiger partial charge < -0.3 is 9.33 Å². The van der Waals surface area contributed by atoms with Crippen LogP contribution in [-0.2, 0) is 4.43 Å². The fourth-order valence-electron chi connectivity index (χ4n) is 1.31. The summed E-state index contributed by atoms with van der Waals surface area (Å²) in [6.07, 6.45) is 8.47. The fourth-order valence-corrected chi connectivity index (χ4v) is 2.34. The van der Waals surface area contributed by atoms with Crippen LogP contribution in [0.3, 0.4) is 0 Å². The predicted molar refractivity (Wildman–Crippen MR) is 73.0 cm³/mol. The summed E-state index contributed by atoms with van der Waals surface area (Å²) < 4.78 is 6.14. The first-order chi connectivity index (χ1) is 7.33. The Morgan fingerprint density at radius 3 is 2.44 bits per heavy atom. The van der Waals surface area contributed by atoms with Crippen LogP contribution in [0, 0.1) is 0 Å². The van der Waals surface area contributed by atoms with Crippen LogP contribution in [0.5, 0.6) is 0 Å². The van der Waals surface area contributed by atoms with Gasteiger partial charge in [-0.15, -0.1) is 0 Å². The molecule has 0 aromatic rings. The zero-order valence-electron chi connectivity index (χ0n) is 11.3. The lowest BCUT2D eigenvalue weighted by Crippen LogP contribution is -2.42. The number of allylic oxidation sites excluding steroid dienone is 2. The molecule has 0 amide bonds. The van der Waals surface area contributed by atoms with Crippen LogP contribution in [0.25, 0.3) is 0 Å². The first-order valence-corrected chi connectivity index (χ1v) is 8.95. The minimum atomic E-state index is -1.56. The molecule has 92 valence electrons. The van der Waals surface area contributed by atoms with Crippen molar-refractivity contribution in [2.24, 2.45) is 0 Å². The van der Waals surface area contributed by atoms with Gasteiger partial charge in [0.2, 0.25) is 0 Å². The largest absolute Gasteiger partial charge is 0.415 e. The third kappa shape index (κ3) is 3.80. The first kappa shape index (κ1) is 13.5. The van der Waals surface area contributed by atoms with E-state index in [-0.39, 0.29) is 0 Å². The molecule has 0 atom stereocenters. The molecule has 0 aromatic heterocycles. The molecular weight excluding hydrogens is 214 g/mol. The molecular formula is C13H25NOSi. The highest BCUT2D eigenvalue weighted by atomic mass is 28.4. The highest BCUT2D eigenvalue weighted by Gasteiger charge is 2.36. The fraction of sp³-hybridized carbons (Fsp3) is 0.692. The lowest BCUT2D eigenvalue weighted by Gasteiger charge is -2.36. The van der Waals surface area contributed by atoms with Gasteiger partial charge >= 0.3 is 0 Å². The lowest BCUT2D eigenvalue weighted by molar-refractivity contribution is 0.244. The van der Waals surface area contributed by atoms with E-state index in [0.717, 1.165) is 19.7 Å². The molecule has 0 bridgehead atoms. The maximum atomic E-state index is 6.14. The minimum Gasteiger partial charge on any atom is -0.415 e. The molecule has 16 heavy (non-hydrogen) atoms. The summed E-state index contributed by atoms with van der Waals surface area (Å²) in [5, 5.41) is 0.310. The summed E-state index contributed by atoms with van der Waals surface area (Å²) in [5.41, 5.74) is 0. The van der Waals surface area contributed by atoms with E-state index in [2.05, 4.69) is 63.2 Å². The maximum Gasteiger partial charge on any atom is 0.192 e. The maximum absolute atomic E-state index is 6.14. The zero-order chi connectivity index (χ0) is 12.2. The average molecular weight is 239 g/mol. The second-order valence-corrected chi connectivity index (χ2v) is 10.7. The second kappa shape index (κ2) is 5.19. The summed E-state index contributed by atoms with van der Waals surface area (Å²) in [4.78, 5) is 2.28. The molecule has 0 saturated carbocycles. The summed E-state index contributed by atoms with van der Waals surface area (Å²) in [5.74, 6) is 0. The van der Waals surface area contributed by atoms with E-state index in [1.807, 2.05) is 0 Å². The molecule has 3 heteroatoms. The summed E-state index contributed by atoms with van der Waals surface area (Å²) in [7, 11) is -1.56. The molecule has 0 aromatic carbocycles. The van der Waals surface area contributed by atoms with E-state index in [1.54, 1.807) is 0 Å². The zero-order valence-corrected chi connectivity index (χ0v) is 12.3. The third-order valence-corrected chi connectivity index (χ3v) is 8.07. The summed E-state index contributed by atoms with van der Waals surface area (Å²) in [6, 6.07) is 0. The van der Waals surface area contributed by atoms with Gasteiger partial charge in [0.05, 0.1) is 6.61 Å². The Balaban J connectivity index is 2.30. The number of hydrogen-bond donors (Lipinski definition) is 0. The van der Waals surface area contributed by atoms with Gasteiger partial charge in [0.25, 0.3) is 0 Å². The topological polar surface area (TPSA) is 12.5 Å². The van der Waals surface area contributed by atoms with Gasteiger partial charge in [0.1, 0.15) is 0 Å². The molecule has 0 unspecified atom stereocenters. The lowest BCUT2D eigenvalue weighted by atomic mass is 10.2. The van der Waals surface area contributed by atoms with Crippen molar-refractivity contribution < 1.29 is 4.43 Å². The van der Waals surface area contributed by atoms with Crippen molar-refractivity contribution in [2.45, 2.75) is 38.9 Å². The van der Waals surface area contributed by atoms with Gasteiger partial charge in [-0.2, -0.15) is 0 Å². The number of rotatable bonds is 4. The third-order valence-electron chi connectivity index (χ3n) is 3.53. The Morgan fingerprint density at radius 2 is 1.94 bits per heavy atom. The van der Waals surface area contributed by atoms with Gasteiger partial charge in [-0.3, -0.25) is 0 Å². The van der Waals surface area contributed by atoms with Crippen molar-refractivity contribution in [3.8, 4) is 0 Å². The second-order valence-electron chi connectivity index (χ2n) is 5.87. The van der Waals surface area contributed by atoms with Crippen LogP contribution in [0.15, 0.2) is 24.4 Å². The Labute approximate surface area is 101 Å². The smallest absolute Gasteiger partial charge is 0.192 e. The van der Waals surface area contributed by atoms with Gasteiger partial charge in [-0.05, 0) is 30.4 Å². The quantitative estimate of drug-likeness (QED) is 0.697. The van der Waals surface area contributed by atoms with Gasteiger partial charge in [-0.1, -0.05) is 32.9 Å². The normalized spacial score (nSPS) is 16.9. The van der Waals surface area contributed by atoms with Crippen LogP contribution in [-0.4, -0.2) is 32.9 Å². The molecule has 0 radical (unpaired) electrons. The molecule has 0 N–H and O–H groups in total. The predicted octanol–water partition coefficient (Wildman–Crippen LogP) is 3.39. The van der Waals surface area contributed by atoms with Crippen molar-refractivity contribution in [1.29, 1.82) is 0 Å². The van der Waals surface area contributed by atoms with Gasteiger partial charge in [-0.25, -0.2) is 0 Å². The highest BCUT2D eigenvalue weighted by Crippen LogP contribution is 2.36. The van der Waals surface area contributed by atoms with Crippen LogP contribution in [0.2, 0.25) is 18.1 Å². The summed E-state index contributed by atoms with van der Waals surface area (Å²) in [6.45, 7) is 14.3. The molecule has 1 rings (SSSR count). The van der Waals surface area contributed by atoms with E-state index in [4.69, 9.17) is 4.43 Å². The molecule has 1 aliphatic rings. The molecule has 2 nitrogen and oxygen atoms in total. The summed E-state index contributed by atoms with van der Waals surface area (Å²) >= 11 is 0. The van der Waals surface area contributed by atoms with Crippen LogP contribution in [0.4, 0.5) is 0 Å². The van der Waals surface area contributed by atoms with E-state index in [9.17, 15) is 0 Å². The molecule has 0 saturated heterocycles. The molecule has 1 aliphatic heterocycles. The van der Waals surface area contributed by atoms with E-state index in [0.29, 0.717) is 5.04 Å². The van der Waals surface area contributed by atoms with Crippen molar-refractivity contribution in [2.75, 3.05) is 19.7 Å². The van der Waals surface area contributed by atoms with Crippen molar-refractivity contribution >= 4 is 8.32 Å². The Hall–Kier alpha value is -0.543. The van der Waals surface area contributed by atoms with Gasteiger partial charge in [0.15, 0.2) is 8.32 Å². The molecule has 0 aliphatic carbocycles. The molecule has 1 heterocycles. The minimum absolute atomic E-state index is 0.310. The average Bonchev–Trinajstić information content (AvgIpc) is 2.17. The standard InChI is InChI=1S/C13H25NOSi/c1-13(2,3)16(4,5)15-12-11-14-9-7-6-8-10-14/h6-9H,10-12H2,1-5H3. The molecule has 0 fully saturated rings. The Morgan fingerprint density at radius 1 is 1.25 bits per heavy atom. The van der Waals surface area contributed by atoms with Crippen LogP contribution in [0.1, 0.15) is 20.8 Å². The van der Waals surface area contributed by atoms with E-state index in [1.165, 1.54) is 0 Å². The monoisotopic (exact) mass is 239 g/mol. The highest BCUT2D eigenvalue weighted by molar-refractivity contribution is 6.74. The van der Waals surface area contributed by atoms with Gasteiger partial charge in [0, 0.05) is 13.1 Å². The van der Waals surface area contributed by atoms with Crippen molar-refractivity contribution in [1.82, 2.24) is 4.90 Å². The van der Waals surface area contributed by atoms with E-state index >= 15 is 0 Å². The molecule has 0 spiro atoms. The van der Waals surface area contributed by atoms with Crippen molar-refractivity contribution in [3.05, 3.63) is 24.4 Å². The van der Waals surface area contributed by atoms with Crippen LogP contribution < -0.4 is 0 Å². The Kier molecular flexibility index (Phi) is 4.39. The SMILES string of the molecule is CC(C)(C)[Si](C)(C)OCCN1C=CC=CC1. The van der Waals surface area contributed by atoms with E-state index < -0.39 is 8.32 Å². The first-order valence-electron chi connectivity index (χ1n) is 6.04. The Bertz CT molecular complexity index is 276. The van der Waals surface area contributed by atoms with Crippen molar-refractivity contribution in [3.63, 3.8) is 0 Å². The van der Waals surface area contributed by atoms with Crippen LogP contribution >= 0.6 is 0 Å². The number of hydrogen-bond acceptors (Lipinski definition) is 2.